The minimum absolute atomic E-state index is 0.0588. The second kappa shape index (κ2) is 8.24. The molecule has 6 heteroatoms. The molecule has 0 rings (SSSR count). The monoisotopic (exact) mass is 266 g/mol. The highest BCUT2D eigenvalue weighted by Crippen LogP contribution is 2.26. The van der Waals surface area contributed by atoms with Crippen LogP contribution in [0, 0.1) is 0 Å². The Hall–Kier alpha value is 0.117. The number of rotatable bonds is 8. The number of carbonyl (C=O) groups excluding carboxylic acids is 1. The van der Waals surface area contributed by atoms with E-state index in [2.05, 4.69) is 0 Å². The predicted octanol–water partition coefficient (Wildman–Crippen LogP) is 2.24. The van der Waals surface area contributed by atoms with E-state index < -0.39 is 8.80 Å². The molecule has 0 fully saturated rings. The molecule has 1 unspecified atom stereocenters. The maximum atomic E-state index is 11.1. The molecule has 0 spiro atoms. The van der Waals surface area contributed by atoms with Crippen LogP contribution >= 0.6 is 11.8 Å². The van der Waals surface area contributed by atoms with E-state index in [0.29, 0.717) is 19.8 Å². The topological polar surface area (TPSA) is 44.8 Å². The molecular weight excluding hydrogens is 244 g/mol. The van der Waals surface area contributed by atoms with Gasteiger partial charge in [0.2, 0.25) is 0 Å². The van der Waals surface area contributed by atoms with E-state index in [9.17, 15) is 4.79 Å². The van der Waals surface area contributed by atoms with Gasteiger partial charge in [0.15, 0.2) is 5.12 Å². The summed E-state index contributed by atoms with van der Waals surface area (Å²) in [5, 5.41) is 0.0588. The molecule has 0 aliphatic rings. The SMILES string of the molecule is CCO[Si](OCC)(OCC)C(C)SC(C)=O. The van der Waals surface area contributed by atoms with Gasteiger partial charge in [-0.3, -0.25) is 4.79 Å². The van der Waals surface area contributed by atoms with Crippen molar-refractivity contribution < 1.29 is 18.1 Å². The van der Waals surface area contributed by atoms with Crippen LogP contribution in [0.5, 0.6) is 0 Å². The first-order valence-electron chi connectivity index (χ1n) is 5.61. The van der Waals surface area contributed by atoms with Crippen molar-refractivity contribution in [2.24, 2.45) is 0 Å². The van der Waals surface area contributed by atoms with E-state index in [1.807, 2.05) is 27.7 Å². The lowest BCUT2D eigenvalue weighted by Crippen LogP contribution is -2.54. The van der Waals surface area contributed by atoms with Crippen molar-refractivity contribution in [2.75, 3.05) is 19.8 Å². The lowest BCUT2D eigenvalue weighted by molar-refractivity contribution is -0.109. The summed E-state index contributed by atoms with van der Waals surface area (Å²) in [5.74, 6) is 0. The summed E-state index contributed by atoms with van der Waals surface area (Å²) in [5.41, 5.74) is 0. The van der Waals surface area contributed by atoms with Crippen LogP contribution in [-0.2, 0) is 18.1 Å². The van der Waals surface area contributed by atoms with Gasteiger partial charge in [0.05, 0.1) is 4.87 Å². The molecule has 0 aliphatic heterocycles. The summed E-state index contributed by atoms with van der Waals surface area (Å²) in [6.45, 7) is 10.8. The van der Waals surface area contributed by atoms with Gasteiger partial charge >= 0.3 is 8.80 Å². The van der Waals surface area contributed by atoms with Crippen molar-refractivity contribution in [3.05, 3.63) is 0 Å². The first kappa shape index (κ1) is 16.1. The molecule has 0 saturated heterocycles. The maximum absolute atomic E-state index is 11.1. The van der Waals surface area contributed by atoms with Gasteiger partial charge in [0.25, 0.3) is 0 Å². The molecule has 0 N–H and O–H groups in total. The van der Waals surface area contributed by atoms with Crippen molar-refractivity contribution in [1.29, 1.82) is 0 Å². The molecule has 0 aromatic carbocycles. The van der Waals surface area contributed by atoms with Crippen molar-refractivity contribution in [3.8, 4) is 0 Å². The third kappa shape index (κ3) is 4.97. The molecule has 1 atom stereocenters. The summed E-state index contributed by atoms with van der Waals surface area (Å²) in [4.78, 5) is 11.1. The zero-order chi connectivity index (χ0) is 12.6. The highest BCUT2D eigenvalue weighted by atomic mass is 32.2. The summed E-state index contributed by atoms with van der Waals surface area (Å²) in [6, 6.07) is 0. The number of carbonyl (C=O) groups is 1. The van der Waals surface area contributed by atoms with Crippen LogP contribution < -0.4 is 0 Å². The van der Waals surface area contributed by atoms with Crippen molar-refractivity contribution in [2.45, 2.75) is 39.5 Å². The molecule has 0 aliphatic carbocycles. The fourth-order valence-electron chi connectivity index (χ4n) is 1.40. The van der Waals surface area contributed by atoms with Crippen molar-refractivity contribution in [1.82, 2.24) is 0 Å². The predicted molar refractivity (Wildman–Crippen MR) is 68.4 cm³/mol. The van der Waals surface area contributed by atoms with Crippen molar-refractivity contribution in [3.63, 3.8) is 0 Å². The molecule has 0 aromatic rings. The summed E-state index contributed by atoms with van der Waals surface area (Å²) in [6.07, 6.45) is 0. The van der Waals surface area contributed by atoms with Gasteiger partial charge in [0.1, 0.15) is 0 Å². The van der Waals surface area contributed by atoms with Gasteiger partial charge in [0, 0.05) is 26.7 Å². The summed E-state index contributed by atoms with van der Waals surface area (Å²) >= 11 is 1.23. The van der Waals surface area contributed by atoms with E-state index in [4.69, 9.17) is 13.3 Å². The zero-order valence-corrected chi connectivity index (χ0v) is 12.6. The molecule has 0 aromatic heterocycles. The van der Waals surface area contributed by atoms with Gasteiger partial charge in [-0.2, -0.15) is 0 Å². The van der Waals surface area contributed by atoms with Crippen LogP contribution in [0.4, 0.5) is 0 Å². The number of thioether (sulfide) groups is 1. The molecule has 0 bridgehead atoms. The Kier molecular flexibility index (Phi) is 8.30. The van der Waals surface area contributed by atoms with Crippen LogP contribution in [0.15, 0.2) is 0 Å². The Morgan fingerprint density at radius 3 is 1.75 bits per heavy atom. The Morgan fingerprint density at radius 1 is 1.12 bits per heavy atom. The minimum atomic E-state index is -2.72. The van der Waals surface area contributed by atoms with Gasteiger partial charge in [-0.25, -0.2) is 0 Å². The van der Waals surface area contributed by atoms with Crippen LogP contribution in [0.1, 0.15) is 34.6 Å². The molecule has 4 nitrogen and oxygen atoms in total. The van der Waals surface area contributed by atoms with E-state index in [1.165, 1.54) is 11.8 Å². The smallest absolute Gasteiger partial charge is 0.373 e. The van der Waals surface area contributed by atoms with E-state index >= 15 is 0 Å². The quantitative estimate of drug-likeness (QED) is 0.630. The summed E-state index contributed by atoms with van der Waals surface area (Å²) < 4.78 is 17.1. The fraction of sp³-hybridized carbons (Fsp3) is 0.900. The molecule has 0 saturated carbocycles. The molecule has 16 heavy (non-hydrogen) atoms. The highest BCUT2D eigenvalue weighted by molar-refractivity contribution is 8.15. The van der Waals surface area contributed by atoms with Crippen LogP contribution in [0.2, 0.25) is 0 Å². The van der Waals surface area contributed by atoms with Gasteiger partial charge < -0.3 is 13.3 Å². The Balaban J connectivity index is 4.74. The largest absolute Gasteiger partial charge is 0.514 e. The Bertz CT molecular complexity index is 196. The van der Waals surface area contributed by atoms with Crippen molar-refractivity contribution >= 4 is 25.7 Å². The fourth-order valence-corrected chi connectivity index (χ4v) is 5.75. The lowest BCUT2D eigenvalue weighted by Gasteiger charge is -2.32. The third-order valence-electron chi connectivity index (χ3n) is 1.88. The van der Waals surface area contributed by atoms with Gasteiger partial charge in [-0.05, 0) is 27.7 Å². The average Bonchev–Trinajstić information content (AvgIpc) is 2.17. The van der Waals surface area contributed by atoms with Gasteiger partial charge in [-0.15, -0.1) is 0 Å². The third-order valence-corrected chi connectivity index (χ3v) is 6.85. The summed E-state index contributed by atoms with van der Waals surface area (Å²) in [7, 11) is -2.72. The molecule has 0 radical (unpaired) electrons. The molecule has 0 amide bonds. The normalized spacial score (nSPS) is 13.8. The van der Waals surface area contributed by atoms with E-state index in [1.54, 1.807) is 6.92 Å². The standard InChI is InChI=1S/C10H22O4SSi/c1-6-12-16(13-7-2,14-8-3)10(5)15-9(4)11/h10H,6-8H2,1-5H3. The van der Waals surface area contributed by atoms with E-state index in [0.717, 1.165) is 0 Å². The Morgan fingerprint density at radius 2 is 1.50 bits per heavy atom. The second-order valence-corrected chi connectivity index (χ2v) is 8.03. The number of hydrogen-bond donors (Lipinski definition) is 0. The second-order valence-electron chi connectivity index (χ2n) is 3.15. The maximum Gasteiger partial charge on any atom is 0.514 e. The zero-order valence-electron chi connectivity index (χ0n) is 10.7. The lowest BCUT2D eigenvalue weighted by atomic mass is 10.9. The van der Waals surface area contributed by atoms with Crippen LogP contribution in [0.3, 0.4) is 0 Å². The molecule has 96 valence electrons. The van der Waals surface area contributed by atoms with Crippen LogP contribution in [0.25, 0.3) is 0 Å². The van der Waals surface area contributed by atoms with Gasteiger partial charge in [-0.1, -0.05) is 11.8 Å². The van der Waals surface area contributed by atoms with E-state index in [-0.39, 0.29) is 9.99 Å². The molecular formula is C10H22O4SSi. The molecule has 0 heterocycles. The number of hydrogen-bond acceptors (Lipinski definition) is 5. The Labute approximate surface area is 103 Å². The first-order valence-corrected chi connectivity index (χ1v) is 8.29. The minimum Gasteiger partial charge on any atom is -0.373 e. The first-order chi connectivity index (χ1) is 7.52. The highest BCUT2D eigenvalue weighted by Gasteiger charge is 2.47. The van der Waals surface area contributed by atoms with Crippen LogP contribution in [-0.4, -0.2) is 38.6 Å². The average molecular weight is 266 g/mol.